The van der Waals surface area contributed by atoms with Crippen LogP contribution in [-0.4, -0.2) is 49.3 Å². The molecule has 0 saturated carbocycles. The highest BCUT2D eigenvalue weighted by atomic mass is 19.4. The van der Waals surface area contributed by atoms with Gasteiger partial charge < -0.3 is 15.2 Å². The Labute approximate surface area is 104 Å². The second-order valence-corrected chi connectivity index (χ2v) is 5.30. The quantitative estimate of drug-likeness (QED) is 0.661. The zero-order chi connectivity index (χ0) is 14.0. The summed E-state index contributed by atoms with van der Waals surface area (Å²) in [6.07, 6.45) is -3.75. The predicted octanol–water partition coefficient (Wildman–Crippen LogP) is -1.04. The van der Waals surface area contributed by atoms with Gasteiger partial charge in [-0.1, -0.05) is 0 Å². The van der Waals surface area contributed by atoms with E-state index in [1.54, 1.807) is 0 Å². The summed E-state index contributed by atoms with van der Waals surface area (Å²) in [5.74, 6) is -3.01. The summed E-state index contributed by atoms with van der Waals surface area (Å²) in [4.78, 5) is 11.4. The zero-order valence-electron chi connectivity index (χ0n) is 10.6. The maximum Gasteiger partial charge on any atom is 0.430 e. The molecular weight excluding hydrogens is 249 g/mol. The summed E-state index contributed by atoms with van der Waals surface area (Å²) in [6, 6.07) is 0.759. The van der Waals surface area contributed by atoms with Crippen molar-refractivity contribution < 1.29 is 28.4 Å². The first-order valence-corrected chi connectivity index (χ1v) is 6.00. The number of aliphatic carboxylic acids is 1. The van der Waals surface area contributed by atoms with E-state index in [2.05, 4.69) is 24.1 Å². The van der Waals surface area contributed by atoms with Crippen molar-refractivity contribution in [3.63, 3.8) is 0 Å². The molecule has 4 nitrogen and oxygen atoms in total. The lowest BCUT2D eigenvalue weighted by Crippen LogP contribution is -3.00. The molecule has 0 amide bonds. The first-order chi connectivity index (χ1) is 8.16. The molecule has 0 aromatic heterocycles. The van der Waals surface area contributed by atoms with Crippen molar-refractivity contribution in [1.29, 1.82) is 0 Å². The molecule has 0 radical (unpaired) electrons. The fourth-order valence-electron chi connectivity index (χ4n) is 2.30. The van der Waals surface area contributed by atoms with Crippen LogP contribution in [0.4, 0.5) is 13.2 Å². The molecule has 0 unspecified atom stereocenters. The van der Waals surface area contributed by atoms with E-state index < -0.39 is 12.1 Å². The largest absolute Gasteiger partial charge is 0.542 e. The molecule has 2 heterocycles. The van der Waals surface area contributed by atoms with E-state index >= 15 is 0 Å². The maximum absolute atomic E-state index is 10.5. The van der Waals surface area contributed by atoms with E-state index in [-0.39, 0.29) is 0 Å². The number of halogens is 3. The number of carboxylic acid groups (broad SMARTS) is 1. The van der Waals surface area contributed by atoms with Gasteiger partial charge in [0.25, 0.3) is 0 Å². The Hall–Kier alpha value is -0.820. The Morgan fingerprint density at radius 2 is 1.89 bits per heavy atom. The van der Waals surface area contributed by atoms with Crippen molar-refractivity contribution in [3.8, 4) is 0 Å². The maximum atomic E-state index is 10.5. The van der Waals surface area contributed by atoms with Gasteiger partial charge >= 0.3 is 6.18 Å². The average molecular weight is 268 g/mol. The summed E-state index contributed by atoms with van der Waals surface area (Å²) < 4.78 is 31.5. The third-order valence-electron chi connectivity index (χ3n) is 3.58. The number of likely N-dealkylation sites (tertiary alicyclic amines) is 1. The number of nitrogens with two attached hydrogens (primary N) is 1. The molecule has 2 rings (SSSR count). The lowest BCUT2D eigenvalue weighted by atomic mass is 9.81. The zero-order valence-corrected chi connectivity index (χ0v) is 10.6. The summed E-state index contributed by atoms with van der Waals surface area (Å²) in [5.41, 5.74) is 0.740. The number of rotatable bonds is 1. The highest BCUT2D eigenvalue weighted by Gasteiger charge is 2.47. The number of carboxylic acids is 1. The van der Waals surface area contributed by atoms with Crippen LogP contribution in [0.15, 0.2) is 0 Å². The van der Waals surface area contributed by atoms with Crippen LogP contribution in [0, 0.1) is 5.41 Å². The third-order valence-corrected chi connectivity index (χ3v) is 3.58. The average Bonchev–Trinajstić information content (AvgIpc) is 2.60. The first kappa shape index (κ1) is 15.2. The monoisotopic (exact) mass is 268 g/mol. The molecule has 106 valence electrons. The van der Waals surface area contributed by atoms with E-state index in [1.165, 1.54) is 32.6 Å². The number of hydrogen-bond acceptors (Lipinski definition) is 3. The molecule has 0 aromatic carbocycles. The van der Waals surface area contributed by atoms with Gasteiger partial charge in [-0.3, -0.25) is 4.90 Å². The van der Waals surface area contributed by atoms with Gasteiger partial charge in [0, 0.05) is 12.6 Å². The number of hydrogen-bond donors (Lipinski definition) is 1. The summed E-state index contributed by atoms with van der Waals surface area (Å²) in [5, 5.41) is 11.2. The van der Waals surface area contributed by atoms with Crippen molar-refractivity contribution >= 4 is 5.97 Å². The molecular formula is C11H19F3N2O2. The summed E-state index contributed by atoms with van der Waals surface area (Å²) in [7, 11) is 0. The number of carbonyl (C=O) groups is 1. The smallest absolute Gasteiger partial charge is 0.430 e. The molecule has 2 fully saturated rings. The third kappa shape index (κ3) is 3.84. The molecule has 0 aromatic rings. The van der Waals surface area contributed by atoms with Crippen molar-refractivity contribution in [2.45, 2.75) is 32.5 Å². The van der Waals surface area contributed by atoms with Crippen LogP contribution in [0.5, 0.6) is 0 Å². The SMILES string of the molecule is CC(C)N1CCC2(C[NH2+]C2)C1.O=C([O-])C(F)(F)F. The fourth-order valence-corrected chi connectivity index (χ4v) is 2.30. The van der Waals surface area contributed by atoms with Gasteiger partial charge in [0.1, 0.15) is 5.97 Å². The van der Waals surface area contributed by atoms with Crippen molar-refractivity contribution in [2.75, 3.05) is 26.2 Å². The predicted molar refractivity (Wildman–Crippen MR) is 56.5 cm³/mol. The van der Waals surface area contributed by atoms with Crippen LogP contribution in [0.1, 0.15) is 20.3 Å². The summed E-state index contributed by atoms with van der Waals surface area (Å²) >= 11 is 0. The normalized spacial score (nSPS) is 22.6. The minimum atomic E-state index is -5.19. The van der Waals surface area contributed by atoms with Crippen LogP contribution in [0.2, 0.25) is 0 Å². The van der Waals surface area contributed by atoms with E-state index in [9.17, 15) is 13.2 Å². The van der Waals surface area contributed by atoms with Crippen LogP contribution >= 0.6 is 0 Å². The highest BCUT2D eigenvalue weighted by molar-refractivity contribution is 5.70. The second-order valence-electron chi connectivity index (χ2n) is 5.30. The van der Waals surface area contributed by atoms with Gasteiger partial charge in [-0.25, -0.2) is 0 Å². The van der Waals surface area contributed by atoms with Gasteiger partial charge in [0.2, 0.25) is 0 Å². The standard InChI is InChI=1S/C9H18N2.C2HF3O2/c1-8(2)11-4-3-9(7-11)5-10-6-9;3-2(4,5)1(6)7/h8,10H,3-7H2,1-2H3;(H,6,7). The second kappa shape index (κ2) is 5.44. The van der Waals surface area contributed by atoms with Gasteiger partial charge in [-0.15, -0.1) is 0 Å². The molecule has 2 aliphatic rings. The molecule has 2 aliphatic heterocycles. The lowest BCUT2D eigenvalue weighted by Gasteiger charge is -2.35. The van der Waals surface area contributed by atoms with Crippen LogP contribution in [-0.2, 0) is 4.79 Å². The van der Waals surface area contributed by atoms with E-state index in [0.29, 0.717) is 0 Å². The molecule has 2 N–H and O–H groups in total. The molecule has 2 saturated heterocycles. The Morgan fingerprint density at radius 3 is 2.06 bits per heavy atom. The van der Waals surface area contributed by atoms with Crippen molar-refractivity contribution in [2.24, 2.45) is 5.41 Å². The Bertz CT molecular complexity index is 301. The van der Waals surface area contributed by atoms with E-state index in [4.69, 9.17) is 9.90 Å². The number of carbonyl (C=O) groups excluding carboxylic acids is 1. The van der Waals surface area contributed by atoms with Crippen molar-refractivity contribution in [1.82, 2.24) is 4.90 Å². The van der Waals surface area contributed by atoms with Gasteiger partial charge in [-0.05, 0) is 26.8 Å². The molecule has 18 heavy (non-hydrogen) atoms. The topological polar surface area (TPSA) is 60.0 Å². The molecule has 0 atom stereocenters. The molecule has 1 spiro atoms. The highest BCUT2D eigenvalue weighted by Crippen LogP contribution is 2.31. The number of nitrogens with zero attached hydrogens (tertiary/aromatic N) is 1. The minimum Gasteiger partial charge on any atom is -0.542 e. The van der Waals surface area contributed by atoms with Gasteiger partial charge in [0.05, 0.1) is 18.5 Å². The minimum absolute atomic E-state index is 0.740. The van der Waals surface area contributed by atoms with E-state index in [1.807, 2.05) is 0 Å². The Morgan fingerprint density at radius 1 is 1.39 bits per heavy atom. The van der Waals surface area contributed by atoms with Crippen LogP contribution in [0.3, 0.4) is 0 Å². The molecule has 7 heteroatoms. The Balaban J connectivity index is 0.000000203. The van der Waals surface area contributed by atoms with Crippen LogP contribution in [0.25, 0.3) is 0 Å². The van der Waals surface area contributed by atoms with Gasteiger partial charge in [-0.2, -0.15) is 13.2 Å². The van der Waals surface area contributed by atoms with Crippen molar-refractivity contribution in [3.05, 3.63) is 0 Å². The molecule has 0 bridgehead atoms. The lowest BCUT2D eigenvalue weighted by molar-refractivity contribution is -0.740. The van der Waals surface area contributed by atoms with E-state index in [0.717, 1.165) is 11.5 Å². The first-order valence-electron chi connectivity index (χ1n) is 6.00. The molecule has 0 aliphatic carbocycles. The Kier molecular flexibility index (Phi) is 4.61. The fraction of sp³-hybridized carbons (Fsp3) is 0.909. The number of quaternary nitrogens is 1. The number of alkyl halides is 3. The van der Waals surface area contributed by atoms with Gasteiger partial charge in [0.15, 0.2) is 0 Å². The van der Waals surface area contributed by atoms with Crippen LogP contribution < -0.4 is 10.4 Å². The summed E-state index contributed by atoms with van der Waals surface area (Å²) in [6.45, 7) is 10.1.